The number of unbranched alkanes of at least 4 members (excludes halogenated alkanes) is 1. The predicted molar refractivity (Wildman–Crippen MR) is 166 cm³/mol. The molecule has 2 aliphatic heterocycles. The van der Waals surface area contributed by atoms with Gasteiger partial charge in [-0.05, 0) is 72.7 Å². The molecule has 8 heteroatoms. The first kappa shape index (κ1) is 30.4. The summed E-state index contributed by atoms with van der Waals surface area (Å²) in [6.07, 6.45) is 3.61. The van der Waals surface area contributed by atoms with Gasteiger partial charge in [0.15, 0.2) is 11.5 Å². The first-order valence-corrected chi connectivity index (χ1v) is 15.3. The minimum Gasteiger partial charge on any atom is -0.494 e. The number of rotatable bonds is 12. The number of fused-ring (bicyclic) bond motifs is 1. The summed E-state index contributed by atoms with van der Waals surface area (Å²) in [5.74, 6) is -0.193. The van der Waals surface area contributed by atoms with E-state index in [1.54, 1.807) is 0 Å². The number of amides is 1. The number of nitrogens with one attached hydrogen (secondary N) is 1. The molecule has 228 valence electrons. The number of hydrogen-bond acceptors (Lipinski definition) is 6. The van der Waals surface area contributed by atoms with Gasteiger partial charge in [0.2, 0.25) is 12.7 Å². The van der Waals surface area contributed by atoms with Crippen LogP contribution >= 0.6 is 0 Å². The number of carbonyl (C=O) groups excluding carboxylic acids is 1. The zero-order valence-corrected chi connectivity index (χ0v) is 25.5. The van der Waals surface area contributed by atoms with Gasteiger partial charge in [0, 0.05) is 24.2 Å². The Balaban J connectivity index is 1.46. The zero-order chi connectivity index (χ0) is 30.5. The van der Waals surface area contributed by atoms with Crippen LogP contribution in [0.2, 0.25) is 0 Å². The van der Waals surface area contributed by atoms with Crippen molar-refractivity contribution in [2.75, 3.05) is 31.8 Å². The molecule has 3 atom stereocenters. The maximum atomic E-state index is 13.7. The molecule has 1 amide bonds. The van der Waals surface area contributed by atoms with Crippen molar-refractivity contribution in [3.8, 4) is 17.2 Å². The predicted octanol–water partition coefficient (Wildman–Crippen LogP) is 6.51. The third-order valence-electron chi connectivity index (χ3n) is 8.52. The molecule has 1 saturated heterocycles. The van der Waals surface area contributed by atoms with E-state index >= 15 is 0 Å². The van der Waals surface area contributed by atoms with Crippen LogP contribution in [0.4, 0.5) is 5.69 Å². The first-order chi connectivity index (χ1) is 20.8. The van der Waals surface area contributed by atoms with Crippen LogP contribution in [0.15, 0.2) is 54.6 Å². The van der Waals surface area contributed by atoms with Gasteiger partial charge < -0.3 is 24.6 Å². The highest BCUT2D eigenvalue weighted by Gasteiger charge is 2.48. The second-order valence-electron chi connectivity index (χ2n) is 11.4. The van der Waals surface area contributed by atoms with Crippen LogP contribution in [0.5, 0.6) is 17.2 Å². The highest BCUT2D eigenvalue weighted by atomic mass is 16.7. The van der Waals surface area contributed by atoms with Gasteiger partial charge in [-0.2, -0.15) is 0 Å². The van der Waals surface area contributed by atoms with Gasteiger partial charge >= 0.3 is 5.97 Å². The quantitative estimate of drug-likeness (QED) is 0.234. The topological polar surface area (TPSA) is 97.3 Å². The van der Waals surface area contributed by atoms with Crippen molar-refractivity contribution in [2.24, 2.45) is 5.92 Å². The fourth-order valence-electron chi connectivity index (χ4n) is 6.39. The summed E-state index contributed by atoms with van der Waals surface area (Å²) in [5.41, 5.74) is 5.93. The lowest BCUT2D eigenvalue weighted by atomic mass is 9.82. The summed E-state index contributed by atoms with van der Waals surface area (Å²) in [6, 6.07) is 17.0. The number of benzene rings is 3. The zero-order valence-electron chi connectivity index (χ0n) is 25.5. The summed E-state index contributed by atoms with van der Waals surface area (Å²) < 4.78 is 17.0. The van der Waals surface area contributed by atoms with Crippen LogP contribution in [-0.4, -0.2) is 48.4 Å². The van der Waals surface area contributed by atoms with Crippen LogP contribution in [0.25, 0.3) is 0 Å². The van der Waals surface area contributed by atoms with Gasteiger partial charge in [0.1, 0.15) is 5.75 Å². The van der Waals surface area contributed by atoms with Crippen molar-refractivity contribution in [1.29, 1.82) is 0 Å². The smallest absolute Gasteiger partial charge is 0.309 e. The van der Waals surface area contributed by atoms with Gasteiger partial charge in [-0.25, -0.2) is 0 Å². The van der Waals surface area contributed by atoms with Gasteiger partial charge in [-0.15, -0.1) is 0 Å². The van der Waals surface area contributed by atoms with Crippen molar-refractivity contribution in [3.05, 3.63) is 82.4 Å². The van der Waals surface area contributed by atoms with Crippen LogP contribution in [-0.2, 0) is 22.4 Å². The second kappa shape index (κ2) is 13.5. The van der Waals surface area contributed by atoms with Gasteiger partial charge in [0.25, 0.3) is 0 Å². The number of hydrogen-bond donors (Lipinski definition) is 2. The van der Waals surface area contributed by atoms with Crippen LogP contribution in [0, 0.1) is 12.8 Å². The number of carbonyl (C=O) groups is 2. The van der Waals surface area contributed by atoms with E-state index in [-0.39, 0.29) is 25.2 Å². The SMILES string of the molecule is CCCCOc1ccc([C@H]2C(C(=O)O)[C@@H](c3ccc4c(c3)OCO4)CN2CC(=O)Nc2c(CC)cc(C)cc2CC)cc1. The lowest BCUT2D eigenvalue weighted by Crippen LogP contribution is -2.35. The number of aliphatic carboxylic acids is 1. The molecule has 0 spiro atoms. The van der Waals surface area contributed by atoms with E-state index in [0.29, 0.717) is 24.7 Å². The van der Waals surface area contributed by atoms with E-state index < -0.39 is 17.9 Å². The Hall–Kier alpha value is -4.04. The number of nitrogens with zero attached hydrogens (tertiary/aromatic N) is 1. The van der Waals surface area contributed by atoms with Crippen LogP contribution < -0.4 is 19.5 Å². The molecule has 0 bridgehead atoms. The Labute approximate surface area is 254 Å². The van der Waals surface area contributed by atoms with Gasteiger partial charge in [0.05, 0.1) is 19.1 Å². The third-order valence-corrected chi connectivity index (χ3v) is 8.52. The number of anilines is 1. The average molecular weight is 587 g/mol. The molecule has 2 heterocycles. The highest BCUT2D eigenvalue weighted by Crippen LogP contribution is 2.47. The molecule has 43 heavy (non-hydrogen) atoms. The minimum atomic E-state index is -0.904. The van der Waals surface area contributed by atoms with Crippen molar-refractivity contribution >= 4 is 17.6 Å². The molecule has 0 saturated carbocycles. The molecular formula is C35H42N2O6. The number of carboxylic acid groups (broad SMARTS) is 1. The molecule has 1 unspecified atom stereocenters. The van der Waals surface area contributed by atoms with E-state index in [2.05, 4.69) is 45.1 Å². The third kappa shape index (κ3) is 6.64. The second-order valence-corrected chi connectivity index (χ2v) is 11.4. The Bertz CT molecular complexity index is 1430. The minimum absolute atomic E-state index is 0.0600. The summed E-state index contributed by atoms with van der Waals surface area (Å²) in [4.78, 5) is 28.6. The molecule has 3 aromatic rings. The normalized spacial score (nSPS) is 19.4. The molecule has 8 nitrogen and oxygen atoms in total. The Morgan fingerprint density at radius 3 is 2.28 bits per heavy atom. The molecule has 2 aliphatic rings. The molecule has 2 N–H and O–H groups in total. The molecule has 5 rings (SSSR count). The molecule has 0 aromatic heterocycles. The van der Waals surface area contributed by atoms with Gasteiger partial charge in [-0.3, -0.25) is 14.5 Å². The van der Waals surface area contributed by atoms with Gasteiger partial charge in [-0.1, -0.05) is 63.1 Å². The fraction of sp³-hybridized carbons (Fsp3) is 0.429. The number of ether oxygens (including phenoxy) is 3. The summed E-state index contributed by atoms with van der Waals surface area (Å²) >= 11 is 0. The fourth-order valence-corrected chi connectivity index (χ4v) is 6.39. The van der Waals surface area contributed by atoms with Crippen molar-refractivity contribution in [3.63, 3.8) is 0 Å². The van der Waals surface area contributed by atoms with E-state index in [0.717, 1.165) is 59.4 Å². The van der Waals surface area contributed by atoms with Crippen LogP contribution in [0.1, 0.15) is 73.4 Å². The summed E-state index contributed by atoms with van der Waals surface area (Å²) in [5, 5.41) is 13.8. The van der Waals surface area contributed by atoms with E-state index in [1.165, 1.54) is 5.56 Å². The standard InChI is InChI=1S/C35H42N2O6/c1-5-8-15-41-27-12-9-25(10-13-27)34-32(35(39)40)28(26-11-14-29-30(18-26)43-21-42-29)19-37(34)20-31(38)36-33-23(6-2)16-22(4)17-24(33)7-3/h9-14,16-18,28,32,34H,5-8,15,19-21H2,1-4H3,(H,36,38)(H,39,40)/t28-,32?,34+/m1/s1. The van der Waals surface area contributed by atoms with Crippen molar-refractivity contribution in [2.45, 2.75) is 65.3 Å². The lowest BCUT2D eigenvalue weighted by Gasteiger charge is -2.27. The van der Waals surface area contributed by atoms with E-state index in [1.807, 2.05) is 47.4 Å². The molecular weight excluding hydrogens is 544 g/mol. The average Bonchev–Trinajstić information content (AvgIpc) is 3.62. The number of likely N-dealkylation sites (tertiary alicyclic amines) is 1. The molecule has 1 fully saturated rings. The Kier molecular flexibility index (Phi) is 9.56. The number of aryl methyl sites for hydroxylation is 3. The molecule has 0 aliphatic carbocycles. The summed E-state index contributed by atoms with van der Waals surface area (Å²) in [6.45, 7) is 9.60. The maximum absolute atomic E-state index is 13.7. The largest absolute Gasteiger partial charge is 0.494 e. The molecule has 0 radical (unpaired) electrons. The maximum Gasteiger partial charge on any atom is 0.309 e. The van der Waals surface area contributed by atoms with E-state index in [9.17, 15) is 14.7 Å². The van der Waals surface area contributed by atoms with Crippen molar-refractivity contribution in [1.82, 2.24) is 4.90 Å². The Morgan fingerprint density at radius 2 is 1.63 bits per heavy atom. The first-order valence-electron chi connectivity index (χ1n) is 15.3. The number of carboxylic acids is 1. The van der Waals surface area contributed by atoms with Crippen LogP contribution in [0.3, 0.4) is 0 Å². The summed E-state index contributed by atoms with van der Waals surface area (Å²) in [7, 11) is 0. The molecule has 3 aromatic carbocycles. The lowest BCUT2D eigenvalue weighted by molar-refractivity contribution is -0.143. The monoisotopic (exact) mass is 586 g/mol. The highest BCUT2D eigenvalue weighted by molar-refractivity contribution is 5.94. The van der Waals surface area contributed by atoms with E-state index in [4.69, 9.17) is 14.2 Å². The van der Waals surface area contributed by atoms with Crippen molar-refractivity contribution < 1.29 is 28.9 Å². The Morgan fingerprint density at radius 1 is 0.953 bits per heavy atom.